The first-order valence-electron chi connectivity index (χ1n) is 8.72. The number of likely N-dealkylation sites (tertiary alicyclic amines) is 1. The van der Waals surface area contributed by atoms with Crippen LogP contribution in [0.15, 0.2) is 17.4 Å². The van der Waals surface area contributed by atoms with Crippen molar-refractivity contribution in [1.82, 2.24) is 20.0 Å². The van der Waals surface area contributed by atoms with Crippen molar-refractivity contribution in [2.24, 2.45) is 18.0 Å². The zero-order chi connectivity index (χ0) is 17.2. The van der Waals surface area contributed by atoms with Gasteiger partial charge in [0.25, 0.3) is 0 Å². The Kier molecular flexibility index (Phi) is 11.1. The van der Waals surface area contributed by atoms with E-state index in [2.05, 4.69) is 26.5 Å². The minimum Gasteiger partial charge on any atom is -0.382 e. The minimum atomic E-state index is 0. The molecule has 1 fully saturated rings. The third-order valence-electron chi connectivity index (χ3n) is 4.27. The molecular formula is C17H32IN5O2. The molecular weight excluding hydrogens is 433 g/mol. The quantitative estimate of drug-likeness (QED) is 0.260. The van der Waals surface area contributed by atoms with Crippen LogP contribution in [-0.4, -0.2) is 74.3 Å². The highest BCUT2D eigenvalue weighted by Gasteiger charge is 2.24. The predicted molar refractivity (Wildman–Crippen MR) is 111 cm³/mol. The molecule has 2 rings (SSSR count). The Morgan fingerprint density at radius 1 is 1.44 bits per heavy atom. The summed E-state index contributed by atoms with van der Waals surface area (Å²) in [5.74, 6) is 1.58. The predicted octanol–water partition coefficient (Wildman–Crippen LogP) is 1.53. The second kappa shape index (κ2) is 12.5. The van der Waals surface area contributed by atoms with Crippen LogP contribution >= 0.6 is 24.0 Å². The number of nitrogens with one attached hydrogen (secondary N) is 1. The topological polar surface area (TPSA) is 63.9 Å². The maximum absolute atomic E-state index is 5.65. The lowest BCUT2D eigenvalue weighted by Gasteiger charge is -2.21. The summed E-state index contributed by atoms with van der Waals surface area (Å²) in [5.41, 5.74) is 1.28. The van der Waals surface area contributed by atoms with Gasteiger partial charge in [-0.2, -0.15) is 5.10 Å². The Hall–Kier alpha value is -0.870. The third-order valence-corrected chi connectivity index (χ3v) is 4.27. The standard InChI is InChI=1S/C17H31N5O2.HI/c1-18-17(19-7-4-5-15-11-20-21(2)12-15)22-8-6-16(13-22)14-24-10-9-23-3;/h11-12,16H,4-10,13-14H2,1-3H3,(H,18,19);1H. The SMILES string of the molecule is CN=C(NCCCc1cnn(C)c1)N1CCC(COCCOC)C1.I. The maximum Gasteiger partial charge on any atom is 0.193 e. The highest BCUT2D eigenvalue weighted by atomic mass is 127. The highest BCUT2D eigenvalue weighted by molar-refractivity contribution is 14.0. The summed E-state index contributed by atoms with van der Waals surface area (Å²) in [4.78, 5) is 6.74. The number of aromatic nitrogens is 2. The van der Waals surface area contributed by atoms with Crippen molar-refractivity contribution in [3.05, 3.63) is 18.0 Å². The summed E-state index contributed by atoms with van der Waals surface area (Å²) >= 11 is 0. The molecule has 0 bridgehead atoms. The number of rotatable bonds is 9. The van der Waals surface area contributed by atoms with Gasteiger partial charge in [-0.05, 0) is 24.8 Å². The second-order valence-corrected chi connectivity index (χ2v) is 6.27. The van der Waals surface area contributed by atoms with E-state index in [9.17, 15) is 0 Å². The van der Waals surface area contributed by atoms with E-state index in [1.807, 2.05) is 25.0 Å². The molecule has 7 nitrogen and oxygen atoms in total. The number of nitrogens with zero attached hydrogens (tertiary/aromatic N) is 4. The Morgan fingerprint density at radius 3 is 2.96 bits per heavy atom. The third kappa shape index (κ3) is 7.91. The number of ether oxygens (including phenoxy) is 2. The van der Waals surface area contributed by atoms with Crippen molar-refractivity contribution < 1.29 is 9.47 Å². The Bertz CT molecular complexity index is 509. The fraction of sp³-hybridized carbons (Fsp3) is 0.765. The van der Waals surface area contributed by atoms with Crippen LogP contribution in [-0.2, 0) is 22.9 Å². The molecule has 2 heterocycles. The smallest absolute Gasteiger partial charge is 0.193 e. The molecule has 1 saturated heterocycles. The molecule has 0 amide bonds. The van der Waals surface area contributed by atoms with Gasteiger partial charge in [0.1, 0.15) is 0 Å². The van der Waals surface area contributed by atoms with Crippen LogP contribution in [0.2, 0.25) is 0 Å². The molecule has 0 aromatic carbocycles. The molecule has 0 aliphatic carbocycles. The molecule has 1 atom stereocenters. The first kappa shape index (κ1) is 22.2. The van der Waals surface area contributed by atoms with Gasteiger partial charge in [-0.1, -0.05) is 0 Å². The van der Waals surface area contributed by atoms with Crippen LogP contribution < -0.4 is 5.32 Å². The molecule has 1 aliphatic rings. The fourth-order valence-electron chi connectivity index (χ4n) is 2.98. The highest BCUT2D eigenvalue weighted by Crippen LogP contribution is 2.16. The summed E-state index contributed by atoms with van der Waals surface area (Å²) in [6.07, 6.45) is 7.27. The summed E-state index contributed by atoms with van der Waals surface area (Å²) in [7, 11) is 5.50. The van der Waals surface area contributed by atoms with E-state index in [0.29, 0.717) is 19.1 Å². The number of aryl methyl sites for hydroxylation is 2. The molecule has 0 spiro atoms. The van der Waals surface area contributed by atoms with Gasteiger partial charge in [-0.15, -0.1) is 24.0 Å². The Morgan fingerprint density at radius 2 is 2.28 bits per heavy atom. The number of aliphatic imine (C=N–C) groups is 1. The lowest BCUT2D eigenvalue weighted by atomic mass is 10.1. The molecule has 1 aliphatic heterocycles. The molecule has 1 aromatic rings. The van der Waals surface area contributed by atoms with Crippen molar-refractivity contribution in [1.29, 1.82) is 0 Å². The van der Waals surface area contributed by atoms with E-state index in [-0.39, 0.29) is 24.0 Å². The van der Waals surface area contributed by atoms with Gasteiger partial charge >= 0.3 is 0 Å². The summed E-state index contributed by atoms with van der Waals surface area (Å²) in [6.45, 7) is 5.12. The molecule has 1 N–H and O–H groups in total. The summed E-state index contributed by atoms with van der Waals surface area (Å²) in [6, 6.07) is 0. The number of halogens is 1. The number of hydrogen-bond acceptors (Lipinski definition) is 4. The van der Waals surface area contributed by atoms with Crippen molar-refractivity contribution in [2.45, 2.75) is 19.3 Å². The Labute approximate surface area is 168 Å². The van der Waals surface area contributed by atoms with Crippen LogP contribution in [0.5, 0.6) is 0 Å². The lowest BCUT2D eigenvalue weighted by molar-refractivity contribution is 0.0536. The zero-order valence-corrected chi connectivity index (χ0v) is 17.9. The van der Waals surface area contributed by atoms with Crippen LogP contribution in [0.1, 0.15) is 18.4 Å². The van der Waals surface area contributed by atoms with Crippen LogP contribution in [0, 0.1) is 5.92 Å². The second-order valence-electron chi connectivity index (χ2n) is 6.27. The van der Waals surface area contributed by atoms with E-state index in [1.165, 1.54) is 5.56 Å². The van der Waals surface area contributed by atoms with Crippen molar-refractivity contribution >= 4 is 29.9 Å². The van der Waals surface area contributed by atoms with Crippen molar-refractivity contribution in [3.8, 4) is 0 Å². The van der Waals surface area contributed by atoms with Crippen LogP contribution in [0.25, 0.3) is 0 Å². The number of methoxy groups -OCH3 is 1. The van der Waals surface area contributed by atoms with Gasteiger partial charge in [0.15, 0.2) is 5.96 Å². The van der Waals surface area contributed by atoms with E-state index in [4.69, 9.17) is 9.47 Å². The number of guanidine groups is 1. The number of hydrogen-bond donors (Lipinski definition) is 1. The molecule has 0 saturated carbocycles. The average Bonchev–Trinajstić information content (AvgIpc) is 3.21. The first-order valence-corrected chi connectivity index (χ1v) is 8.72. The monoisotopic (exact) mass is 465 g/mol. The van der Waals surface area contributed by atoms with E-state index in [1.54, 1.807) is 7.11 Å². The molecule has 1 unspecified atom stereocenters. The average molecular weight is 465 g/mol. The molecule has 25 heavy (non-hydrogen) atoms. The zero-order valence-electron chi connectivity index (χ0n) is 15.6. The first-order chi connectivity index (χ1) is 11.7. The van der Waals surface area contributed by atoms with E-state index < -0.39 is 0 Å². The van der Waals surface area contributed by atoms with Crippen molar-refractivity contribution in [2.75, 3.05) is 53.6 Å². The largest absolute Gasteiger partial charge is 0.382 e. The summed E-state index contributed by atoms with van der Waals surface area (Å²) in [5, 5.41) is 7.67. The lowest BCUT2D eigenvalue weighted by Crippen LogP contribution is -2.40. The van der Waals surface area contributed by atoms with Crippen molar-refractivity contribution in [3.63, 3.8) is 0 Å². The fourth-order valence-corrected chi connectivity index (χ4v) is 2.98. The molecule has 0 radical (unpaired) electrons. The van der Waals surface area contributed by atoms with Gasteiger partial charge in [0.2, 0.25) is 0 Å². The van der Waals surface area contributed by atoms with Crippen LogP contribution in [0.4, 0.5) is 0 Å². The van der Waals surface area contributed by atoms with E-state index in [0.717, 1.165) is 51.5 Å². The molecule has 8 heteroatoms. The molecule has 1 aromatic heterocycles. The van der Waals surface area contributed by atoms with Gasteiger partial charge < -0.3 is 19.7 Å². The van der Waals surface area contributed by atoms with Gasteiger partial charge in [0.05, 0.1) is 26.0 Å². The van der Waals surface area contributed by atoms with Gasteiger partial charge in [-0.3, -0.25) is 9.67 Å². The molecule has 144 valence electrons. The van der Waals surface area contributed by atoms with Gasteiger partial charge in [0, 0.05) is 53.0 Å². The maximum atomic E-state index is 5.65. The van der Waals surface area contributed by atoms with E-state index >= 15 is 0 Å². The Balaban J connectivity index is 0.00000312. The normalized spacial score (nSPS) is 17.6. The van der Waals surface area contributed by atoms with Gasteiger partial charge in [-0.25, -0.2) is 0 Å². The minimum absolute atomic E-state index is 0. The van der Waals surface area contributed by atoms with Crippen LogP contribution in [0.3, 0.4) is 0 Å². The summed E-state index contributed by atoms with van der Waals surface area (Å²) < 4.78 is 12.5.